The van der Waals surface area contributed by atoms with Gasteiger partial charge in [-0.3, -0.25) is 14.5 Å². The Morgan fingerprint density at radius 1 is 0.933 bits per heavy atom. The summed E-state index contributed by atoms with van der Waals surface area (Å²) < 4.78 is 1.80. The monoisotopic (exact) mass is 397 g/mol. The minimum atomic E-state index is 0.0908. The number of aryl methyl sites for hydroxylation is 1. The first-order valence-corrected chi connectivity index (χ1v) is 10.2. The first-order valence-electron chi connectivity index (χ1n) is 10.2. The van der Waals surface area contributed by atoms with Gasteiger partial charge in [0.25, 0.3) is 5.91 Å². The van der Waals surface area contributed by atoms with Crippen LogP contribution in [0.3, 0.4) is 0 Å². The molecular formula is C24H23N5O. The number of benzene rings is 2. The van der Waals surface area contributed by atoms with E-state index in [9.17, 15) is 4.79 Å². The van der Waals surface area contributed by atoms with Crippen molar-refractivity contribution in [1.29, 1.82) is 0 Å². The van der Waals surface area contributed by atoms with Crippen LogP contribution in [0.15, 0.2) is 67.3 Å². The van der Waals surface area contributed by atoms with Crippen molar-refractivity contribution in [3.8, 4) is 22.3 Å². The molecule has 150 valence electrons. The van der Waals surface area contributed by atoms with Crippen LogP contribution < -0.4 is 5.32 Å². The van der Waals surface area contributed by atoms with E-state index in [0.29, 0.717) is 0 Å². The van der Waals surface area contributed by atoms with Gasteiger partial charge in [0.05, 0.1) is 6.20 Å². The van der Waals surface area contributed by atoms with Gasteiger partial charge in [-0.25, -0.2) is 0 Å². The third kappa shape index (κ3) is 3.46. The molecule has 2 aromatic heterocycles. The summed E-state index contributed by atoms with van der Waals surface area (Å²) in [5.74, 6) is 0.0908. The summed E-state index contributed by atoms with van der Waals surface area (Å²) in [6, 6.07) is 14.3. The van der Waals surface area contributed by atoms with Gasteiger partial charge in [-0.1, -0.05) is 30.3 Å². The van der Waals surface area contributed by atoms with Gasteiger partial charge in [0.1, 0.15) is 0 Å². The van der Waals surface area contributed by atoms with Gasteiger partial charge in [0.2, 0.25) is 0 Å². The second-order valence-electron chi connectivity index (χ2n) is 7.65. The molecule has 1 N–H and O–H groups in total. The first-order chi connectivity index (χ1) is 14.7. The fourth-order valence-corrected chi connectivity index (χ4v) is 3.99. The van der Waals surface area contributed by atoms with Crippen molar-refractivity contribution in [2.75, 3.05) is 26.2 Å². The lowest BCUT2D eigenvalue weighted by atomic mass is 9.97. The molecule has 3 heterocycles. The number of fused-ring (bicyclic) bond motifs is 1. The maximum absolute atomic E-state index is 13.0. The molecule has 1 aliphatic heterocycles. The predicted molar refractivity (Wildman–Crippen MR) is 118 cm³/mol. The number of nitrogens with zero attached hydrogens (tertiary/aromatic N) is 4. The van der Waals surface area contributed by atoms with E-state index in [1.807, 2.05) is 54.9 Å². The Morgan fingerprint density at radius 3 is 2.43 bits per heavy atom. The molecule has 0 aliphatic carbocycles. The number of piperazine rings is 1. The molecule has 1 saturated heterocycles. The summed E-state index contributed by atoms with van der Waals surface area (Å²) in [7, 11) is 1.92. The topological polar surface area (TPSA) is 63.1 Å². The van der Waals surface area contributed by atoms with Gasteiger partial charge in [0, 0.05) is 73.9 Å². The van der Waals surface area contributed by atoms with E-state index in [2.05, 4.69) is 39.7 Å². The summed E-state index contributed by atoms with van der Waals surface area (Å²) >= 11 is 0. The number of nitrogens with one attached hydrogen (secondary N) is 1. The van der Waals surface area contributed by atoms with Crippen LogP contribution in [-0.4, -0.2) is 51.8 Å². The van der Waals surface area contributed by atoms with Gasteiger partial charge < -0.3 is 10.2 Å². The Kier molecular flexibility index (Phi) is 4.77. The van der Waals surface area contributed by atoms with Gasteiger partial charge >= 0.3 is 0 Å². The van der Waals surface area contributed by atoms with Crippen LogP contribution in [0.1, 0.15) is 10.4 Å². The number of pyridine rings is 1. The number of hydrogen-bond acceptors (Lipinski definition) is 4. The lowest BCUT2D eigenvalue weighted by Gasteiger charge is -2.27. The number of rotatable bonds is 3. The molecule has 6 nitrogen and oxygen atoms in total. The normalized spacial score (nSPS) is 14.2. The van der Waals surface area contributed by atoms with E-state index in [-0.39, 0.29) is 5.91 Å². The zero-order valence-corrected chi connectivity index (χ0v) is 16.9. The molecule has 0 spiro atoms. The molecule has 4 aromatic rings. The van der Waals surface area contributed by atoms with Crippen molar-refractivity contribution in [2.24, 2.45) is 7.05 Å². The number of carbonyl (C=O) groups is 1. The van der Waals surface area contributed by atoms with Crippen molar-refractivity contribution in [3.63, 3.8) is 0 Å². The van der Waals surface area contributed by atoms with Crippen molar-refractivity contribution in [1.82, 2.24) is 25.0 Å². The molecular weight excluding hydrogens is 374 g/mol. The smallest absolute Gasteiger partial charge is 0.253 e. The Hall–Kier alpha value is -3.51. The van der Waals surface area contributed by atoms with Crippen molar-refractivity contribution >= 4 is 16.7 Å². The van der Waals surface area contributed by atoms with Gasteiger partial charge in [-0.15, -0.1) is 0 Å². The van der Waals surface area contributed by atoms with Crippen LogP contribution in [0.2, 0.25) is 0 Å². The molecule has 6 heteroatoms. The Morgan fingerprint density at radius 2 is 1.70 bits per heavy atom. The zero-order valence-electron chi connectivity index (χ0n) is 16.9. The molecule has 0 radical (unpaired) electrons. The van der Waals surface area contributed by atoms with E-state index in [0.717, 1.165) is 64.8 Å². The molecule has 5 rings (SSSR count). The third-order valence-corrected chi connectivity index (χ3v) is 5.65. The molecule has 2 aromatic carbocycles. The highest BCUT2D eigenvalue weighted by Crippen LogP contribution is 2.30. The highest BCUT2D eigenvalue weighted by molar-refractivity contribution is 6.03. The van der Waals surface area contributed by atoms with E-state index >= 15 is 0 Å². The minimum absolute atomic E-state index is 0.0908. The maximum atomic E-state index is 13.0. The second-order valence-corrected chi connectivity index (χ2v) is 7.65. The van der Waals surface area contributed by atoms with Crippen molar-refractivity contribution in [2.45, 2.75) is 0 Å². The Balaban J connectivity index is 1.51. The van der Waals surface area contributed by atoms with Crippen LogP contribution >= 0.6 is 0 Å². The van der Waals surface area contributed by atoms with Crippen molar-refractivity contribution in [3.05, 3.63) is 72.8 Å². The highest BCUT2D eigenvalue weighted by Gasteiger charge is 2.18. The predicted octanol–water partition coefficient (Wildman–Crippen LogP) is 3.35. The van der Waals surface area contributed by atoms with Crippen LogP contribution in [0.25, 0.3) is 33.0 Å². The van der Waals surface area contributed by atoms with Gasteiger partial charge in [0.15, 0.2) is 0 Å². The third-order valence-electron chi connectivity index (χ3n) is 5.65. The van der Waals surface area contributed by atoms with E-state index in [1.165, 1.54) is 0 Å². The quantitative estimate of drug-likeness (QED) is 0.576. The van der Waals surface area contributed by atoms with Crippen LogP contribution in [0.4, 0.5) is 0 Å². The van der Waals surface area contributed by atoms with Crippen molar-refractivity contribution < 1.29 is 4.79 Å². The number of amides is 1. The zero-order chi connectivity index (χ0) is 20.5. The van der Waals surface area contributed by atoms with Crippen LogP contribution in [0, 0.1) is 0 Å². The standard InChI is InChI=1S/C24H23N5O/c1-28-16-21(14-27-28)17-2-4-18(5-3-17)23-15-26-13-20-7-6-19(12-22(20)23)24(30)29-10-8-25-9-11-29/h2-7,12-16,25H,8-11H2,1H3. The molecule has 1 amide bonds. The largest absolute Gasteiger partial charge is 0.336 e. The Bertz CT molecular complexity index is 1210. The van der Waals surface area contributed by atoms with Gasteiger partial charge in [-0.2, -0.15) is 5.10 Å². The molecule has 0 saturated carbocycles. The summed E-state index contributed by atoms with van der Waals surface area (Å²) in [5, 5.41) is 9.61. The van der Waals surface area contributed by atoms with E-state index in [1.54, 1.807) is 4.68 Å². The fourth-order valence-electron chi connectivity index (χ4n) is 3.99. The van der Waals surface area contributed by atoms with Gasteiger partial charge in [-0.05, 0) is 28.6 Å². The molecule has 0 atom stereocenters. The lowest BCUT2D eigenvalue weighted by molar-refractivity contribution is 0.0736. The van der Waals surface area contributed by atoms with E-state index in [4.69, 9.17) is 0 Å². The Labute approximate surface area is 175 Å². The summed E-state index contributed by atoms with van der Waals surface area (Å²) in [6.45, 7) is 3.18. The summed E-state index contributed by atoms with van der Waals surface area (Å²) in [5.41, 5.74) is 5.04. The number of carbonyl (C=O) groups excluding carboxylic acids is 1. The minimum Gasteiger partial charge on any atom is -0.336 e. The van der Waals surface area contributed by atoms with Crippen LogP contribution in [-0.2, 0) is 7.05 Å². The molecule has 30 heavy (non-hydrogen) atoms. The fraction of sp³-hybridized carbons (Fsp3) is 0.208. The highest BCUT2D eigenvalue weighted by atomic mass is 16.2. The SMILES string of the molecule is Cn1cc(-c2ccc(-c3cncc4ccc(C(=O)N5CCNCC5)cc34)cc2)cn1. The number of hydrogen-bond donors (Lipinski definition) is 1. The lowest BCUT2D eigenvalue weighted by Crippen LogP contribution is -2.46. The molecule has 0 unspecified atom stereocenters. The van der Waals surface area contributed by atoms with E-state index < -0.39 is 0 Å². The summed E-state index contributed by atoms with van der Waals surface area (Å²) in [6.07, 6.45) is 7.59. The average molecular weight is 397 g/mol. The molecule has 1 fully saturated rings. The molecule has 1 aliphatic rings. The molecule has 0 bridgehead atoms. The van der Waals surface area contributed by atoms with Crippen LogP contribution in [0.5, 0.6) is 0 Å². The number of aromatic nitrogens is 3. The maximum Gasteiger partial charge on any atom is 0.253 e. The summed E-state index contributed by atoms with van der Waals surface area (Å²) in [4.78, 5) is 19.3. The first kappa shape index (κ1) is 18.5. The second kappa shape index (κ2) is 7.72. The average Bonchev–Trinajstić information content (AvgIpc) is 3.25.